The number of aromatic hydroxyl groups is 1. The first-order valence-electron chi connectivity index (χ1n) is 8.40. The summed E-state index contributed by atoms with van der Waals surface area (Å²) in [4.78, 5) is 16.0. The molecule has 2 aromatic carbocycles. The molecule has 0 unspecified atom stereocenters. The topological polar surface area (TPSA) is 68.7 Å². The molecule has 0 aliphatic rings. The van der Waals surface area contributed by atoms with E-state index in [1.54, 1.807) is 0 Å². The molecule has 1 N–H and O–H groups in total. The molecule has 0 amide bonds. The minimum atomic E-state index is -0.753. The maximum absolute atomic E-state index is 13.3. The standard InChI is InChI=1S/C20H17F2NO4/c1-2-3-6-26-20(25)18-19(24)17-5-4-15(7-12(17)11-23-18)27-16-9-13(21)8-14(22)10-16/h4-5,7-11,24H,2-3,6H2,1H3. The average molecular weight is 373 g/mol. The van der Waals surface area contributed by atoms with Gasteiger partial charge in [-0.1, -0.05) is 13.3 Å². The van der Waals surface area contributed by atoms with E-state index >= 15 is 0 Å². The molecule has 1 aromatic heterocycles. The largest absolute Gasteiger partial charge is 0.505 e. The van der Waals surface area contributed by atoms with Gasteiger partial charge in [0.2, 0.25) is 0 Å². The van der Waals surface area contributed by atoms with Crippen LogP contribution in [0.25, 0.3) is 10.8 Å². The maximum atomic E-state index is 13.3. The number of rotatable bonds is 6. The van der Waals surface area contributed by atoms with Gasteiger partial charge < -0.3 is 14.6 Å². The van der Waals surface area contributed by atoms with E-state index in [0.717, 1.165) is 31.0 Å². The van der Waals surface area contributed by atoms with E-state index in [1.807, 2.05) is 6.92 Å². The number of esters is 1. The highest BCUT2D eigenvalue weighted by molar-refractivity contribution is 5.99. The van der Waals surface area contributed by atoms with Crippen LogP contribution in [0.15, 0.2) is 42.6 Å². The van der Waals surface area contributed by atoms with Crippen molar-refractivity contribution in [3.63, 3.8) is 0 Å². The van der Waals surface area contributed by atoms with Crippen LogP contribution in [0.4, 0.5) is 8.78 Å². The first kappa shape index (κ1) is 18.6. The quantitative estimate of drug-likeness (QED) is 0.488. The number of ether oxygens (including phenoxy) is 2. The highest BCUT2D eigenvalue weighted by Crippen LogP contribution is 2.32. The fourth-order valence-electron chi connectivity index (χ4n) is 2.50. The van der Waals surface area contributed by atoms with Crippen molar-refractivity contribution in [2.24, 2.45) is 0 Å². The summed E-state index contributed by atoms with van der Waals surface area (Å²) in [5, 5.41) is 11.2. The summed E-state index contributed by atoms with van der Waals surface area (Å²) < 4.78 is 37.0. The van der Waals surface area contributed by atoms with Crippen LogP contribution in [-0.4, -0.2) is 22.7 Å². The molecule has 0 aliphatic heterocycles. The van der Waals surface area contributed by atoms with Gasteiger partial charge in [0.15, 0.2) is 11.4 Å². The molecule has 0 radical (unpaired) electrons. The Bertz CT molecular complexity index is 971. The number of halogens is 2. The number of unbranched alkanes of at least 4 members (excludes halogenated alkanes) is 1. The predicted molar refractivity (Wildman–Crippen MR) is 95.0 cm³/mol. The number of hydrogen-bond acceptors (Lipinski definition) is 5. The van der Waals surface area contributed by atoms with Gasteiger partial charge in [-0.25, -0.2) is 18.6 Å². The molecule has 0 spiro atoms. The molecule has 0 fully saturated rings. The third-order valence-electron chi connectivity index (χ3n) is 3.83. The van der Waals surface area contributed by atoms with Crippen LogP contribution in [0.3, 0.4) is 0 Å². The summed E-state index contributed by atoms with van der Waals surface area (Å²) >= 11 is 0. The fraction of sp³-hybridized carbons (Fsp3) is 0.200. The Balaban J connectivity index is 1.86. The number of benzene rings is 2. The Labute approximate surface area is 154 Å². The first-order chi connectivity index (χ1) is 13.0. The normalized spacial score (nSPS) is 10.8. The van der Waals surface area contributed by atoms with Crippen molar-refractivity contribution in [3.8, 4) is 17.2 Å². The molecule has 3 rings (SSSR count). The zero-order chi connectivity index (χ0) is 19.4. The fourth-order valence-corrected chi connectivity index (χ4v) is 2.50. The molecule has 140 valence electrons. The molecule has 3 aromatic rings. The van der Waals surface area contributed by atoms with Gasteiger partial charge in [0.25, 0.3) is 0 Å². The molecule has 1 heterocycles. The van der Waals surface area contributed by atoms with Gasteiger partial charge in [-0.15, -0.1) is 0 Å². The number of hydrogen-bond donors (Lipinski definition) is 1. The molecule has 27 heavy (non-hydrogen) atoms. The minimum absolute atomic E-state index is 0.000142. The summed E-state index contributed by atoms with van der Waals surface area (Å²) in [6, 6.07) is 7.43. The molecule has 0 bridgehead atoms. The van der Waals surface area contributed by atoms with Gasteiger partial charge in [0.05, 0.1) is 6.61 Å². The SMILES string of the molecule is CCCCOC(=O)c1ncc2cc(Oc3cc(F)cc(F)c3)ccc2c1O. The first-order valence-corrected chi connectivity index (χ1v) is 8.40. The Hall–Kier alpha value is -3.22. The maximum Gasteiger partial charge on any atom is 0.360 e. The van der Waals surface area contributed by atoms with Gasteiger partial charge in [0.1, 0.15) is 23.1 Å². The van der Waals surface area contributed by atoms with E-state index in [-0.39, 0.29) is 23.8 Å². The Morgan fingerprint density at radius 1 is 1.11 bits per heavy atom. The highest BCUT2D eigenvalue weighted by Gasteiger charge is 2.17. The number of fused-ring (bicyclic) bond motifs is 1. The van der Waals surface area contributed by atoms with Crippen LogP contribution in [0.5, 0.6) is 17.2 Å². The second-order valence-corrected chi connectivity index (χ2v) is 5.90. The summed E-state index contributed by atoms with van der Waals surface area (Å²) in [6.45, 7) is 2.23. The Morgan fingerprint density at radius 3 is 2.56 bits per heavy atom. The van der Waals surface area contributed by atoms with Crippen LogP contribution in [0.1, 0.15) is 30.3 Å². The van der Waals surface area contributed by atoms with Crippen LogP contribution in [-0.2, 0) is 4.74 Å². The lowest BCUT2D eigenvalue weighted by Gasteiger charge is -2.10. The second-order valence-electron chi connectivity index (χ2n) is 5.90. The van der Waals surface area contributed by atoms with Gasteiger partial charge >= 0.3 is 5.97 Å². The molecule has 0 atom stereocenters. The van der Waals surface area contributed by atoms with Crippen molar-refractivity contribution in [1.29, 1.82) is 0 Å². The molecule has 7 heteroatoms. The Kier molecular flexibility index (Phi) is 5.49. The minimum Gasteiger partial charge on any atom is -0.505 e. The lowest BCUT2D eigenvalue weighted by Crippen LogP contribution is -2.08. The van der Waals surface area contributed by atoms with Crippen molar-refractivity contribution in [3.05, 3.63) is 59.9 Å². The third-order valence-corrected chi connectivity index (χ3v) is 3.83. The van der Waals surface area contributed by atoms with Crippen LogP contribution in [0, 0.1) is 11.6 Å². The van der Waals surface area contributed by atoms with Crippen molar-refractivity contribution >= 4 is 16.7 Å². The van der Waals surface area contributed by atoms with Gasteiger partial charge in [-0.05, 0) is 24.6 Å². The second kappa shape index (κ2) is 7.99. The third kappa shape index (κ3) is 4.31. The summed E-state index contributed by atoms with van der Waals surface area (Å²) in [7, 11) is 0. The molecule has 0 saturated heterocycles. The Morgan fingerprint density at radius 2 is 1.85 bits per heavy atom. The molecule has 0 saturated carbocycles. The summed E-state index contributed by atoms with van der Waals surface area (Å²) in [5.41, 5.74) is -0.167. The van der Waals surface area contributed by atoms with Crippen molar-refractivity contribution in [1.82, 2.24) is 4.98 Å². The van der Waals surface area contributed by atoms with Gasteiger partial charge in [0, 0.05) is 35.2 Å². The summed E-state index contributed by atoms with van der Waals surface area (Å²) in [6.07, 6.45) is 2.99. The van der Waals surface area contributed by atoms with Gasteiger partial charge in [-0.3, -0.25) is 0 Å². The number of carbonyl (C=O) groups excluding carboxylic acids is 1. The van der Waals surface area contributed by atoms with E-state index in [2.05, 4.69) is 4.98 Å². The number of nitrogens with zero attached hydrogens (tertiary/aromatic N) is 1. The lowest BCUT2D eigenvalue weighted by atomic mass is 10.1. The molecular formula is C20H17F2NO4. The lowest BCUT2D eigenvalue weighted by molar-refractivity contribution is 0.0489. The summed E-state index contributed by atoms with van der Waals surface area (Å²) in [5.74, 6) is -2.20. The van der Waals surface area contributed by atoms with E-state index in [1.165, 1.54) is 24.4 Å². The van der Waals surface area contributed by atoms with Crippen LogP contribution >= 0.6 is 0 Å². The van der Waals surface area contributed by atoms with Crippen LogP contribution < -0.4 is 4.74 Å². The average Bonchev–Trinajstić information content (AvgIpc) is 2.61. The van der Waals surface area contributed by atoms with E-state index in [4.69, 9.17) is 9.47 Å². The van der Waals surface area contributed by atoms with E-state index in [0.29, 0.717) is 16.5 Å². The van der Waals surface area contributed by atoms with Crippen molar-refractivity contribution in [2.75, 3.05) is 6.61 Å². The van der Waals surface area contributed by atoms with Crippen molar-refractivity contribution in [2.45, 2.75) is 19.8 Å². The molecule has 5 nitrogen and oxygen atoms in total. The van der Waals surface area contributed by atoms with Crippen LogP contribution in [0.2, 0.25) is 0 Å². The zero-order valence-electron chi connectivity index (χ0n) is 14.5. The molecular weight excluding hydrogens is 356 g/mol. The number of carbonyl (C=O) groups is 1. The highest BCUT2D eigenvalue weighted by atomic mass is 19.1. The van der Waals surface area contributed by atoms with E-state index < -0.39 is 17.6 Å². The number of pyridine rings is 1. The van der Waals surface area contributed by atoms with Crippen molar-refractivity contribution < 1.29 is 28.2 Å². The zero-order valence-corrected chi connectivity index (χ0v) is 14.5. The number of aromatic nitrogens is 1. The monoisotopic (exact) mass is 373 g/mol. The predicted octanol–water partition coefficient (Wildman–Crippen LogP) is 4.97. The van der Waals surface area contributed by atoms with E-state index in [9.17, 15) is 18.7 Å². The smallest absolute Gasteiger partial charge is 0.360 e. The molecule has 0 aliphatic carbocycles. The van der Waals surface area contributed by atoms with Gasteiger partial charge in [-0.2, -0.15) is 0 Å².